The standard InChI is InChI=1S/C16H22F3N3O3/c1-5-22(25-12-7-9-20-11(2)10-12)14(24)21-15(3,4)13(23)6-8-16(17,18)19/h7,9-10H,5-6,8H2,1-4H3,(H,21,24). The molecule has 1 heterocycles. The number of amides is 2. The Kier molecular flexibility index (Phi) is 6.78. The van der Waals surface area contributed by atoms with E-state index in [9.17, 15) is 22.8 Å². The minimum atomic E-state index is -4.42. The van der Waals surface area contributed by atoms with E-state index >= 15 is 0 Å². The normalized spacial score (nSPS) is 11.8. The van der Waals surface area contributed by atoms with Crippen LogP contribution in [0.1, 0.15) is 39.3 Å². The van der Waals surface area contributed by atoms with Gasteiger partial charge in [0.1, 0.15) is 0 Å². The maximum Gasteiger partial charge on any atom is 0.389 e. The quantitative estimate of drug-likeness (QED) is 0.756. The molecule has 0 saturated carbocycles. The van der Waals surface area contributed by atoms with Gasteiger partial charge in [-0.1, -0.05) is 0 Å². The predicted molar refractivity (Wildman–Crippen MR) is 84.9 cm³/mol. The zero-order chi connectivity index (χ0) is 19.3. The second-order valence-electron chi connectivity index (χ2n) is 6.01. The van der Waals surface area contributed by atoms with Crippen molar-refractivity contribution in [3.63, 3.8) is 0 Å². The molecule has 0 radical (unpaired) electrons. The molecule has 1 aromatic rings. The number of hydrogen-bond acceptors (Lipinski definition) is 4. The van der Waals surface area contributed by atoms with E-state index in [-0.39, 0.29) is 6.54 Å². The molecule has 0 unspecified atom stereocenters. The van der Waals surface area contributed by atoms with Crippen molar-refractivity contribution in [2.24, 2.45) is 0 Å². The van der Waals surface area contributed by atoms with Crippen molar-refractivity contribution in [2.45, 2.75) is 52.3 Å². The van der Waals surface area contributed by atoms with Gasteiger partial charge in [-0.2, -0.15) is 18.2 Å². The number of carbonyl (C=O) groups excluding carboxylic acids is 2. The number of rotatable bonds is 7. The lowest BCUT2D eigenvalue weighted by Gasteiger charge is -2.29. The SMILES string of the molecule is CCN(Oc1ccnc(C)c1)C(=O)NC(C)(C)C(=O)CCC(F)(F)F. The number of urea groups is 1. The summed E-state index contributed by atoms with van der Waals surface area (Å²) in [5.41, 5.74) is -0.760. The number of pyridine rings is 1. The summed E-state index contributed by atoms with van der Waals surface area (Å²) < 4.78 is 36.8. The van der Waals surface area contributed by atoms with Gasteiger partial charge in [0.25, 0.3) is 0 Å². The first-order chi connectivity index (χ1) is 11.4. The average Bonchev–Trinajstić information content (AvgIpc) is 2.48. The van der Waals surface area contributed by atoms with Crippen LogP contribution in [0.5, 0.6) is 5.75 Å². The van der Waals surface area contributed by atoms with Crippen molar-refractivity contribution in [1.29, 1.82) is 0 Å². The van der Waals surface area contributed by atoms with E-state index in [4.69, 9.17) is 4.84 Å². The molecule has 1 N–H and O–H groups in total. The van der Waals surface area contributed by atoms with Crippen molar-refractivity contribution in [3.05, 3.63) is 24.0 Å². The third-order valence-electron chi connectivity index (χ3n) is 3.35. The van der Waals surface area contributed by atoms with Gasteiger partial charge in [0.15, 0.2) is 11.5 Å². The summed E-state index contributed by atoms with van der Waals surface area (Å²) in [7, 11) is 0. The summed E-state index contributed by atoms with van der Waals surface area (Å²) in [6, 6.07) is 2.46. The van der Waals surface area contributed by atoms with Gasteiger partial charge in [0.2, 0.25) is 0 Å². The van der Waals surface area contributed by atoms with Crippen LogP contribution in [0, 0.1) is 6.92 Å². The zero-order valence-corrected chi connectivity index (χ0v) is 14.6. The van der Waals surface area contributed by atoms with E-state index in [1.54, 1.807) is 26.0 Å². The molecule has 0 aliphatic rings. The smallest absolute Gasteiger partial charge is 0.375 e. The number of alkyl halides is 3. The Morgan fingerprint density at radius 1 is 1.32 bits per heavy atom. The summed E-state index contributed by atoms with van der Waals surface area (Å²) in [5.74, 6) is -0.334. The zero-order valence-electron chi connectivity index (χ0n) is 14.6. The number of nitrogens with one attached hydrogen (secondary N) is 1. The molecule has 0 bridgehead atoms. The molecule has 0 aliphatic carbocycles. The van der Waals surface area contributed by atoms with E-state index in [1.807, 2.05) is 0 Å². The molecule has 0 atom stereocenters. The number of Topliss-reactive ketones (excluding diaryl/α,β-unsaturated/α-hetero) is 1. The molecule has 0 aromatic carbocycles. The Hall–Kier alpha value is -2.32. The molecular weight excluding hydrogens is 339 g/mol. The first kappa shape index (κ1) is 20.7. The van der Waals surface area contributed by atoms with Crippen LogP contribution in [-0.4, -0.2) is 40.1 Å². The van der Waals surface area contributed by atoms with Crippen LogP contribution in [-0.2, 0) is 4.79 Å². The number of hydroxylamine groups is 2. The van der Waals surface area contributed by atoms with Crippen LogP contribution in [0.15, 0.2) is 18.3 Å². The van der Waals surface area contributed by atoms with E-state index < -0.39 is 36.4 Å². The Morgan fingerprint density at radius 2 is 1.96 bits per heavy atom. The van der Waals surface area contributed by atoms with Gasteiger partial charge < -0.3 is 10.2 Å². The summed E-state index contributed by atoms with van der Waals surface area (Å²) in [6.07, 6.45) is -4.84. The van der Waals surface area contributed by atoms with Crippen LogP contribution in [0.2, 0.25) is 0 Å². The Morgan fingerprint density at radius 3 is 2.48 bits per heavy atom. The Balaban J connectivity index is 2.71. The Labute approximate surface area is 144 Å². The molecule has 1 rings (SSSR count). The molecule has 1 aromatic heterocycles. The highest BCUT2D eigenvalue weighted by atomic mass is 19.4. The summed E-state index contributed by atoms with van der Waals surface area (Å²) in [5, 5.41) is 3.39. The van der Waals surface area contributed by atoms with Gasteiger partial charge in [0, 0.05) is 30.4 Å². The number of nitrogens with zero attached hydrogens (tertiary/aromatic N) is 2. The third-order valence-corrected chi connectivity index (χ3v) is 3.35. The largest absolute Gasteiger partial charge is 0.389 e. The fraction of sp³-hybridized carbons (Fsp3) is 0.562. The van der Waals surface area contributed by atoms with Gasteiger partial charge in [0.05, 0.1) is 18.5 Å². The van der Waals surface area contributed by atoms with Crippen molar-refractivity contribution in [3.8, 4) is 5.75 Å². The van der Waals surface area contributed by atoms with Gasteiger partial charge in [-0.3, -0.25) is 9.78 Å². The predicted octanol–water partition coefficient (Wildman–Crippen LogP) is 3.41. The molecule has 2 amide bonds. The Bertz CT molecular complexity index is 618. The molecule has 6 nitrogen and oxygen atoms in total. The molecule has 0 aliphatic heterocycles. The van der Waals surface area contributed by atoms with Crippen LogP contribution >= 0.6 is 0 Å². The second kappa shape index (κ2) is 8.17. The lowest BCUT2D eigenvalue weighted by molar-refractivity contribution is -0.145. The van der Waals surface area contributed by atoms with Crippen molar-refractivity contribution < 1.29 is 27.6 Å². The molecule has 0 saturated heterocycles. The van der Waals surface area contributed by atoms with Crippen LogP contribution in [0.4, 0.5) is 18.0 Å². The lowest BCUT2D eigenvalue weighted by atomic mass is 9.95. The van der Waals surface area contributed by atoms with Crippen molar-refractivity contribution >= 4 is 11.8 Å². The summed E-state index contributed by atoms with van der Waals surface area (Å²) >= 11 is 0. The number of aryl methyl sites for hydroxylation is 1. The number of aromatic nitrogens is 1. The maximum absolute atomic E-state index is 12.3. The fourth-order valence-electron chi connectivity index (χ4n) is 1.92. The number of ketones is 1. The molecule has 140 valence electrons. The molecular formula is C16H22F3N3O3. The van der Waals surface area contributed by atoms with Gasteiger partial charge >= 0.3 is 12.2 Å². The van der Waals surface area contributed by atoms with Crippen LogP contribution in [0.25, 0.3) is 0 Å². The lowest BCUT2D eigenvalue weighted by Crippen LogP contribution is -2.55. The van der Waals surface area contributed by atoms with Crippen LogP contribution in [0.3, 0.4) is 0 Å². The first-order valence-electron chi connectivity index (χ1n) is 7.75. The van der Waals surface area contributed by atoms with Gasteiger partial charge in [-0.15, -0.1) is 0 Å². The van der Waals surface area contributed by atoms with Crippen LogP contribution < -0.4 is 10.2 Å². The maximum atomic E-state index is 12.3. The van der Waals surface area contributed by atoms with E-state index in [2.05, 4.69) is 10.3 Å². The third kappa shape index (κ3) is 6.98. The van der Waals surface area contributed by atoms with Crippen molar-refractivity contribution in [2.75, 3.05) is 6.54 Å². The summed E-state index contributed by atoms with van der Waals surface area (Å²) in [6.45, 7) is 6.29. The van der Waals surface area contributed by atoms with Gasteiger partial charge in [-0.05, 0) is 27.7 Å². The minimum absolute atomic E-state index is 0.167. The first-order valence-corrected chi connectivity index (χ1v) is 7.75. The monoisotopic (exact) mass is 361 g/mol. The van der Waals surface area contributed by atoms with Gasteiger partial charge in [-0.25, -0.2) is 4.79 Å². The number of hydrogen-bond donors (Lipinski definition) is 1. The van der Waals surface area contributed by atoms with E-state index in [1.165, 1.54) is 20.0 Å². The fourth-order valence-corrected chi connectivity index (χ4v) is 1.92. The summed E-state index contributed by atoms with van der Waals surface area (Å²) in [4.78, 5) is 33.7. The highest BCUT2D eigenvalue weighted by molar-refractivity contribution is 5.91. The topological polar surface area (TPSA) is 71.5 Å². The number of halogens is 3. The molecule has 9 heteroatoms. The number of carbonyl (C=O) groups is 2. The molecule has 0 spiro atoms. The average molecular weight is 361 g/mol. The van der Waals surface area contributed by atoms with E-state index in [0.717, 1.165) is 5.06 Å². The van der Waals surface area contributed by atoms with E-state index in [0.29, 0.717) is 11.4 Å². The second-order valence-corrected chi connectivity index (χ2v) is 6.01. The minimum Gasteiger partial charge on any atom is -0.375 e. The highest BCUT2D eigenvalue weighted by Crippen LogP contribution is 2.23. The molecule has 0 fully saturated rings. The molecule has 25 heavy (non-hydrogen) atoms. The van der Waals surface area contributed by atoms with Crippen molar-refractivity contribution in [1.82, 2.24) is 15.4 Å². The highest BCUT2D eigenvalue weighted by Gasteiger charge is 2.35.